The Morgan fingerprint density at radius 2 is 1.91 bits per heavy atom. The number of anilines is 2. The van der Waals surface area contributed by atoms with Gasteiger partial charge < -0.3 is 15.4 Å². The molecule has 0 radical (unpaired) electrons. The van der Waals surface area contributed by atoms with E-state index in [9.17, 15) is 4.79 Å². The molecule has 1 amide bonds. The summed E-state index contributed by atoms with van der Waals surface area (Å²) >= 11 is 9.33. The second-order valence-corrected chi connectivity index (χ2v) is 6.06. The van der Waals surface area contributed by atoms with Crippen molar-refractivity contribution in [1.29, 1.82) is 0 Å². The third-order valence-electron chi connectivity index (χ3n) is 3.04. The minimum Gasteiger partial charge on any atom is -0.495 e. The van der Waals surface area contributed by atoms with Crippen LogP contribution >= 0.6 is 27.5 Å². The van der Waals surface area contributed by atoms with Crippen LogP contribution in [0.2, 0.25) is 5.02 Å². The van der Waals surface area contributed by atoms with E-state index < -0.39 is 6.04 Å². The number of nitrogens with one attached hydrogen (secondary N) is 2. The number of rotatable bonds is 5. The molecule has 116 valence electrons. The van der Waals surface area contributed by atoms with Gasteiger partial charge in [0.15, 0.2) is 0 Å². The average Bonchev–Trinajstić information content (AvgIpc) is 2.49. The van der Waals surface area contributed by atoms with Crippen LogP contribution < -0.4 is 15.4 Å². The topological polar surface area (TPSA) is 50.4 Å². The first-order valence-corrected chi connectivity index (χ1v) is 7.83. The van der Waals surface area contributed by atoms with Gasteiger partial charge in [-0.05, 0) is 49.4 Å². The number of halogens is 2. The molecule has 0 aliphatic heterocycles. The summed E-state index contributed by atoms with van der Waals surface area (Å²) in [5, 5.41) is 6.48. The number of hydrogen-bond donors (Lipinski definition) is 2. The zero-order chi connectivity index (χ0) is 16.1. The third-order valence-corrected chi connectivity index (χ3v) is 3.80. The van der Waals surface area contributed by atoms with E-state index in [0.717, 1.165) is 10.2 Å². The van der Waals surface area contributed by atoms with Crippen molar-refractivity contribution in [3.05, 3.63) is 52.0 Å². The summed E-state index contributed by atoms with van der Waals surface area (Å²) in [5.41, 5.74) is 1.41. The van der Waals surface area contributed by atoms with E-state index in [1.54, 1.807) is 32.2 Å². The Labute approximate surface area is 142 Å². The highest BCUT2D eigenvalue weighted by Crippen LogP contribution is 2.27. The number of amides is 1. The summed E-state index contributed by atoms with van der Waals surface area (Å²) in [7, 11) is 1.54. The SMILES string of the molecule is COc1ccc(Cl)cc1NC(=O)[C@H](C)Nc1ccc(Br)cc1. The molecule has 0 aromatic heterocycles. The molecule has 2 rings (SSSR count). The van der Waals surface area contributed by atoms with Gasteiger partial charge in [-0.3, -0.25) is 4.79 Å². The minimum absolute atomic E-state index is 0.177. The number of hydrogen-bond acceptors (Lipinski definition) is 3. The maximum Gasteiger partial charge on any atom is 0.246 e. The zero-order valence-corrected chi connectivity index (χ0v) is 14.5. The van der Waals surface area contributed by atoms with Crippen LogP contribution in [0, 0.1) is 0 Å². The van der Waals surface area contributed by atoms with E-state index in [1.165, 1.54) is 0 Å². The van der Waals surface area contributed by atoms with Crippen molar-refractivity contribution >= 4 is 44.8 Å². The average molecular weight is 384 g/mol. The van der Waals surface area contributed by atoms with Gasteiger partial charge in [0.2, 0.25) is 5.91 Å². The van der Waals surface area contributed by atoms with E-state index in [-0.39, 0.29) is 5.91 Å². The molecule has 0 saturated heterocycles. The van der Waals surface area contributed by atoms with E-state index >= 15 is 0 Å². The van der Waals surface area contributed by atoms with Gasteiger partial charge in [-0.1, -0.05) is 27.5 Å². The first-order valence-electron chi connectivity index (χ1n) is 6.66. The highest BCUT2D eigenvalue weighted by Gasteiger charge is 2.15. The smallest absolute Gasteiger partial charge is 0.246 e. The van der Waals surface area contributed by atoms with Crippen molar-refractivity contribution in [1.82, 2.24) is 0 Å². The minimum atomic E-state index is -0.412. The largest absolute Gasteiger partial charge is 0.495 e. The van der Waals surface area contributed by atoms with E-state index in [2.05, 4.69) is 26.6 Å². The Morgan fingerprint density at radius 3 is 2.55 bits per heavy atom. The second kappa shape index (κ2) is 7.51. The van der Waals surface area contributed by atoms with Gasteiger partial charge in [0.1, 0.15) is 11.8 Å². The molecule has 0 aliphatic carbocycles. The number of benzene rings is 2. The quantitative estimate of drug-likeness (QED) is 0.796. The molecule has 22 heavy (non-hydrogen) atoms. The molecule has 2 aromatic carbocycles. The second-order valence-electron chi connectivity index (χ2n) is 4.71. The van der Waals surface area contributed by atoms with E-state index in [0.29, 0.717) is 16.5 Å². The van der Waals surface area contributed by atoms with Gasteiger partial charge in [-0.25, -0.2) is 0 Å². The Morgan fingerprint density at radius 1 is 1.23 bits per heavy atom. The van der Waals surface area contributed by atoms with Gasteiger partial charge in [-0.15, -0.1) is 0 Å². The first-order chi connectivity index (χ1) is 10.5. The first kappa shape index (κ1) is 16.6. The summed E-state index contributed by atoms with van der Waals surface area (Å²) in [6, 6.07) is 12.3. The zero-order valence-electron chi connectivity index (χ0n) is 12.2. The lowest BCUT2D eigenvalue weighted by molar-refractivity contribution is -0.116. The molecule has 0 fully saturated rings. The van der Waals surface area contributed by atoms with Crippen LogP contribution in [0.4, 0.5) is 11.4 Å². The Hall–Kier alpha value is -1.72. The normalized spacial score (nSPS) is 11.6. The predicted molar refractivity (Wildman–Crippen MR) is 93.9 cm³/mol. The molecule has 2 aromatic rings. The monoisotopic (exact) mass is 382 g/mol. The molecular weight excluding hydrogens is 368 g/mol. The highest BCUT2D eigenvalue weighted by atomic mass is 79.9. The molecule has 6 heteroatoms. The van der Waals surface area contributed by atoms with Crippen LogP contribution in [-0.4, -0.2) is 19.1 Å². The number of methoxy groups -OCH3 is 1. The third kappa shape index (κ3) is 4.39. The fraction of sp³-hybridized carbons (Fsp3) is 0.188. The van der Waals surface area contributed by atoms with Crippen LogP contribution in [0.25, 0.3) is 0 Å². The molecule has 0 saturated carbocycles. The van der Waals surface area contributed by atoms with Crippen molar-refractivity contribution in [3.8, 4) is 5.75 Å². The molecule has 2 N–H and O–H groups in total. The van der Waals surface area contributed by atoms with Crippen molar-refractivity contribution < 1.29 is 9.53 Å². The van der Waals surface area contributed by atoms with Crippen molar-refractivity contribution in [2.75, 3.05) is 17.7 Å². The van der Waals surface area contributed by atoms with Crippen LogP contribution in [0.1, 0.15) is 6.92 Å². The van der Waals surface area contributed by atoms with Gasteiger partial charge in [0.25, 0.3) is 0 Å². The fourth-order valence-corrected chi connectivity index (χ4v) is 2.32. The number of carbonyl (C=O) groups is 1. The number of carbonyl (C=O) groups excluding carboxylic acids is 1. The number of ether oxygens (including phenoxy) is 1. The lowest BCUT2D eigenvalue weighted by Crippen LogP contribution is -2.31. The van der Waals surface area contributed by atoms with E-state index in [4.69, 9.17) is 16.3 Å². The van der Waals surface area contributed by atoms with Crippen LogP contribution in [0.3, 0.4) is 0 Å². The summed E-state index contributed by atoms with van der Waals surface area (Å²) in [4.78, 5) is 12.3. The molecular formula is C16H16BrClN2O2. The molecule has 0 heterocycles. The van der Waals surface area contributed by atoms with E-state index in [1.807, 2.05) is 24.3 Å². The standard InChI is InChI=1S/C16H16BrClN2O2/c1-10(19-13-6-3-11(17)4-7-13)16(21)20-14-9-12(18)5-8-15(14)22-2/h3-10,19H,1-2H3,(H,20,21)/t10-/m0/s1. The predicted octanol–water partition coefficient (Wildman–Crippen LogP) is 4.55. The molecule has 1 atom stereocenters. The van der Waals surface area contributed by atoms with Crippen LogP contribution in [0.5, 0.6) is 5.75 Å². The summed E-state index contributed by atoms with van der Waals surface area (Å²) in [6.45, 7) is 1.79. The summed E-state index contributed by atoms with van der Waals surface area (Å²) < 4.78 is 6.20. The van der Waals surface area contributed by atoms with Gasteiger partial charge in [0, 0.05) is 15.2 Å². The van der Waals surface area contributed by atoms with Gasteiger partial charge in [-0.2, -0.15) is 0 Å². The van der Waals surface area contributed by atoms with Crippen LogP contribution in [0.15, 0.2) is 46.9 Å². The lowest BCUT2D eigenvalue weighted by atomic mass is 10.2. The fourth-order valence-electron chi connectivity index (χ4n) is 1.88. The van der Waals surface area contributed by atoms with Crippen molar-refractivity contribution in [2.24, 2.45) is 0 Å². The Kier molecular flexibility index (Phi) is 5.69. The molecule has 0 unspecified atom stereocenters. The molecule has 0 spiro atoms. The van der Waals surface area contributed by atoms with Gasteiger partial charge in [0.05, 0.1) is 12.8 Å². The van der Waals surface area contributed by atoms with Crippen molar-refractivity contribution in [2.45, 2.75) is 13.0 Å². The Bertz CT molecular complexity index is 662. The summed E-state index contributed by atoms with van der Waals surface area (Å²) in [5.74, 6) is 0.386. The molecule has 0 bridgehead atoms. The van der Waals surface area contributed by atoms with Crippen molar-refractivity contribution in [3.63, 3.8) is 0 Å². The Balaban J connectivity index is 2.05. The van der Waals surface area contributed by atoms with Crippen LogP contribution in [-0.2, 0) is 4.79 Å². The maximum atomic E-state index is 12.3. The molecule has 0 aliphatic rings. The highest BCUT2D eigenvalue weighted by molar-refractivity contribution is 9.10. The molecule has 4 nitrogen and oxygen atoms in total. The summed E-state index contributed by atoms with van der Waals surface area (Å²) in [6.07, 6.45) is 0. The lowest BCUT2D eigenvalue weighted by Gasteiger charge is -2.17. The van der Waals surface area contributed by atoms with Gasteiger partial charge >= 0.3 is 0 Å². The maximum absolute atomic E-state index is 12.3.